The van der Waals surface area contributed by atoms with Crippen molar-refractivity contribution in [3.63, 3.8) is 0 Å². The van der Waals surface area contributed by atoms with Crippen LogP contribution in [-0.2, 0) is 11.3 Å². The molecule has 1 amide bonds. The molecule has 3 aromatic heterocycles. The Balaban J connectivity index is 1.23. The maximum atomic E-state index is 13.1. The van der Waals surface area contributed by atoms with Crippen LogP contribution in [0.15, 0.2) is 61.4 Å². The van der Waals surface area contributed by atoms with Crippen LogP contribution in [-0.4, -0.2) is 53.6 Å². The summed E-state index contributed by atoms with van der Waals surface area (Å²) in [4.78, 5) is 19.3. The third-order valence-electron chi connectivity index (χ3n) is 5.69. The molecule has 1 atom stereocenters. The molecule has 0 radical (unpaired) electrons. The lowest BCUT2D eigenvalue weighted by molar-refractivity contribution is -0.126. The lowest BCUT2D eigenvalue weighted by Gasteiger charge is -2.32. The summed E-state index contributed by atoms with van der Waals surface area (Å²) in [6, 6.07) is 13.7. The molecule has 0 spiro atoms. The normalized spacial score (nSPS) is 15.8. The molecule has 1 N–H and O–H groups in total. The Hall–Kier alpha value is -3.82. The number of rotatable bonds is 6. The van der Waals surface area contributed by atoms with Gasteiger partial charge in [0.25, 0.3) is 0 Å². The Labute approximate surface area is 178 Å². The van der Waals surface area contributed by atoms with E-state index in [2.05, 4.69) is 35.6 Å². The van der Waals surface area contributed by atoms with E-state index in [-0.39, 0.29) is 17.9 Å². The molecule has 4 aromatic rings. The van der Waals surface area contributed by atoms with Crippen LogP contribution in [0, 0.1) is 5.92 Å². The predicted octanol–water partition coefficient (Wildman–Crippen LogP) is 1.49. The highest BCUT2D eigenvalue weighted by molar-refractivity contribution is 5.79. The van der Waals surface area contributed by atoms with Crippen molar-refractivity contribution in [2.75, 3.05) is 18.0 Å². The SMILES string of the molecule is O=C(NC(Cn1cncn1)c1ccccc1)C1CCN(c2ccc3nncn3n2)CC1. The number of hydrogen-bond acceptors (Lipinski definition) is 7. The van der Waals surface area contributed by atoms with Gasteiger partial charge >= 0.3 is 0 Å². The highest BCUT2D eigenvalue weighted by atomic mass is 16.2. The highest BCUT2D eigenvalue weighted by Gasteiger charge is 2.28. The Kier molecular flexibility index (Phi) is 5.26. The van der Waals surface area contributed by atoms with Crippen molar-refractivity contribution in [2.24, 2.45) is 5.92 Å². The molecule has 0 saturated carbocycles. The maximum absolute atomic E-state index is 13.1. The number of fused-ring (bicyclic) bond motifs is 1. The largest absolute Gasteiger partial charge is 0.355 e. The molecule has 10 nitrogen and oxygen atoms in total. The van der Waals surface area contributed by atoms with E-state index in [0.717, 1.165) is 43.0 Å². The summed E-state index contributed by atoms with van der Waals surface area (Å²) in [6.07, 6.45) is 6.32. The van der Waals surface area contributed by atoms with Crippen molar-refractivity contribution in [3.8, 4) is 0 Å². The first-order valence-electron chi connectivity index (χ1n) is 10.4. The molecule has 1 aromatic carbocycles. The van der Waals surface area contributed by atoms with E-state index >= 15 is 0 Å². The van der Waals surface area contributed by atoms with Gasteiger partial charge in [-0.15, -0.1) is 15.3 Å². The minimum atomic E-state index is -0.161. The molecule has 0 aliphatic carbocycles. The number of nitrogens with zero attached hydrogens (tertiary/aromatic N) is 8. The zero-order chi connectivity index (χ0) is 21.0. The van der Waals surface area contributed by atoms with Gasteiger partial charge in [-0.05, 0) is 30.5 Å². The van der Waals surface area contributed by atoms with Crippen molar-refractivity contribution in [1.29, 1.82) is 0 Å². The van der Waals surface area contributed by atoms with E-state index in [0.29, 0.717) is 6.54 Å². The van der Waals surface area contributed by atoms with Gasteiger partial charge in [-0.25, -0.2) is 4.98 Å². The summed E-state index contributed by atoms with van der Waals surface area (Å²) in [7, 11) is 0. The van der Waals surface area contributed by atoms with Crippen molar-refractivity contribution in [3.05, 3.63) is 67.0 Å². The number of benzene rings is 1. The lowest BCUT2D eigenvalue weighted by Crippen LogP contribution is -2.42. The molecule has 1 aliphatic rings. The first-order chi connectivity index (χ1) is 15.3. The van der Waals surface area contributed by atoms with Crippen molar-refractivity contribution in [2.45, 2.75) is 25.4 Å². The van der Waals surface area contributed by atoms with Crippen LogP contribution in [0.25, 0.3) is 5.65 Å². The van der Waals surface area contributed by atoms with E-state index < -0.39 is 0 Å². The maximum Gasteiger partial charge on any atom is 0.223 e. The second-order valence-electron chi connectivity index (χ2n) is 7.68. The fourth-order valence-corrected chi connectivity index (χ4v) is 3.98. The minimum absolute atomic E-state index is 0.0307. The van der Waals surface area contributed by atoms with Gasteiger partial charge in [-0.2, -0.15) is 9.61 Å². The molecule has 0 bridgehead atoms. The number of carbonyl (C=O) groups excluding carboxylic acids is 1. The quantitative estimate of drug-likeness (QED) is 0.507. The third-order valence-corrected chi connectivity index (χ3v) is 5.69. The Morgan fingerprint density at radius 2 is 1.94 bits per heavy atom. The van der Waals surface area contributed by atoms with Gasteiger partial charge < -0.3 is 10.2 Å². The first-order valence-corrected chi connectivity index (χ1v) is 10.4. The Bertz CT molecular complexity index is 1130. The second kappa shape index (κ2) is 8.50. The monoisotopic (exact) mass is 417 g/mol. The summed E-state index contributed by atoms with van der Waals surface area (Å²) >= 11 is 0. The van der Waals surface area contributed by atoms with Gasteiger partial charge in [-0.1, -0.05) is 30.3 Å². The predicted molar refractivity (Wildman–Crippen MR) is 113 cm³/mol. The van der Waals surface area contributed by atoms with Gasteiger partial charge in [0.15, 0.2) is 5.65 Å². The van der Waals surface area contributed by atoms with Crippen LogP contribution in [0.3, 0.4) is 0 Å². The van der Waals surface area contributed by atoms with Crippen LogP contribution >= 0.6 is 0 Å². The molecule has 1 aliphatic heterocycles. The fraction of sp³-hybridized carbons (Fsp3) is 0.333. The van der Waals surface area contributed by atoms with Crippen molar-refractivity contribution in [1.82, 2.24) is 39.9 Å². The number of aromatic nitrogens is 7. The minimum Gasteiger partial charge on any atom is -0.355 e. The molecule has 1 fully saturated rings. The second-order valence-corrected chi connectivity index (χ2v) is 7.68. The van der Waals surface area contributed by atoms with Crippen LogP contribution in [0.5, 0.6) is 0 Å². The Morgan fingerprint density at radius 1 is 1.10 bits per heavy atom. The van der Waals surface area contributed by atoms with Gasteiger partial charge in [-0.3, -0.25) is 9.48 Å². The molecule has 5 rings (SSSR count). The standard InChI is InChI=1S/C21H23N9O/c31-21(25-18(12-29-14-22-13-24-29)16-4-2-1-3-5-16)17-8-10-28(11-9-17)20-7-6-19-26-23-15-30(19)27-20/h1-7,13-15,17-18H,8-12H2,(H,25,31). The van der Waals surface area contributed by atoms with E-state index in [4.69, 9.17) is 0 Å². The van der Waals surface area contributed by atoms with Gasteiger partial charge in [0, 0.05) is 19.0 Å². The molecule has 1 saturated heterocycles. The Morgan fingerprint density at radius 3 is 2.71 bits per heavy atom. The fourth-order valence-electron chi connectivity index (χ4n) is 3.98. The van der Waals surface area contributed by atoms with E-state index in [1.54, 1.807) is 21.9 Å². The lowest BCUT2D eigenvalue weighted by atomic mass is 9.95. The summed E-state index contributed by atoms with van der Waals surface area (Å²) in [5.41, 5.74) is 1.77. The molecule has 1 unspecified atom stereocenters. The number of amides is 1. The zero-order valence-electron chi connectivity index (χ0n) is 16.9. The van der Waals surface area contributed by atoms with Gasteiger partial charge in [0.1, 0.15) is 24.8 Å². The number of piperidine rings is 1. The summed E-state index contributed by atoms with van der Waals surface area (Å²) in [6.45, 7) is 2.09. The smallest absolute Gasteiger partial charge is 0.223 e. The van der Waals surface area contributed by atoms with Crippen LogP contribution in [0.2, 0.25) is 0 Å². The van der Waals surface area contributed by atoms with Crippen molar-refractivity contribution >= 4 is 17.4 Å². The van der Waals surface area contributed by atoms with E-state index in [1.807, 2.05) is 42.5 Å². The summed E-state index contributed by atoms with van der Waals surface area (Å²) in [5, 5.41) is 19.8. The van der Waals surface area contributed by atoms with Gasteiger partial charge in [0.05, 0.1) is 12.6 Å². The average molecular weight is 417 g/mol. The zero-order valence-corrected chi connectivity index (χ0v) is 16.9. The molecular weight excluding hydrogens is 394 g/mol. The summed E-state index contributed by atoms with van der Waals surface area (Å²) in [5.74, 6) is 0.923. The number of anilines is 1. The van der Waals surface area contributed by atoms with Gasteiger partial charge in [0.2, 0.25) is 5.91 Å². The highest BCUT2D eigenvalue weighted by Crippen LogP contribution is 2.23. The molecule has 158 valence electrons. The van der Waals surface area contributed by atoms with Crippen LogP contribution in [0.4, 0.5) is 5.82 Å². The molecule has 31 heavy (non-hydrogen) atoms. The average Bonchev–Trinajstić information content (AvgIpc) is 3.51. The molecular formula is C21H23N9O. The van der Waals surface area contributed by atoms with E-state index in [1.165, 1.54) is 6.33 Å². The molecule has 4 heterocycles. The van der Waals surface area contributed by atoms with Crippen molar-refractivity contribution < 1.29 is 4.79 Å². The van der Waals surface area contributed by atoms with Crippen LogP contribution in [0.1, 0.15) is 24.4 Å². The summed E-state index contributed by atoms with van der Waals surface area (Å²) < 4.78 is 3.41. The van der Waals surface area contributed by atoms with E-state index in [9.17, 15) is 4.79 Å². The third kappa shape index (κ3) is 4.23. The number of hydrogen-bond donors (Lipinski definition) is 1. The topological polar surface area (TPSA) is 106 Å². The number of nitrogens with one attached hydrogen (secondary N) is 1. The number of carbonyl (C=O) groups is 1. The first kappa shape index (κ1) is 19.2. The molecule has 10 heteroatoms. The van der Waals surface area contributed by atoms with Crippen LogP contribution < -0.4 is 10.2 Å².